The first-order chi connectivity index (χ1) is 15.5. The summed E-state index contributed by atoms with van der Waals surface area (Å²) in [5.41, 5.74) is 0.471. The predicted molar refractivity (Wildman–Crippen MR) is 119 cm³/mol. The van der Waals surface area contributed by atoms with Crippen LogP contribution < -0.4 is 9.47 Å². The number of carboxylic acids is 1. The molecule has 3 unspecified atom stereocenters. The van der Waals surface area contributed by atoms with Crippen LogP contribution in [0.3, 0.4) is 0 Å². The first-order valence-corrected chi connectivity index (χ1v) is 10.8. The average molecular weight is 436 g/mol. The van der Waals surface area contributed by atoms with Gasteiger partial charge in [-0.2, -0.15) is 0 Å². The van der Waals surface area contributed by atoms with Crippen molar-refractivity contribution in [3.05, 3.63) is 72.0 Å². The molecule has 1 aliphatic carbocycles. The van der Waals surface area contributed by atoms with E-state index in [0.717, 1.165) is 10.8 Å². The Morgan fingerprint density at radius 2 is 1.75 bits per heavy atom. The third-order valence-corrected chi connectivity index (χ3v) is 6.01. The number of hydrogen-bond donors (Lipinski definition) is 1. The quantitative estimate of drug-likeness (QED) is 0.342. The summed E-state index contributed by atoms with van der Waals surface area (Å²) in [6.07, 6.45) is 1.09. The van der Waals surface area contributed by atoms with Gasteiger partial charge in [-0.05, 0) is 54.5 Å². The summed E-state index contributed by atoms with van der Waals surface area (Å²) in [5.74, 6) is -1.16. The first-order valence-electron chi connectivity index (χ1n) is 10.8. The molecule has 0 radical (unpaired) electrons. The zero-order valence-corrected chi connectivity index (χ0v) is 17.8. The van der Waals surface area contributed by atoms with Crippen LogP contribution in [0.5, 0.6) is 11.5 Å². The van der Waals surface area contributed by atoms with Crippen molar-refractivity contribution >= 4 is 22.5 Å². The lowest BCUT2D eigenvalue weighted by Gasteiger charge is -2.15. The number of ketones is 1. The highest BCUT2D eigenvalue weighted by Crippen LogP contribution is 2.48. The zero-order chi connectivity index (χ0) is 22.7. The molecule has 0 aromatic heterocycles. The second-order valence-corrected chi connectivity index (χ2v) is 8.04. The van der Waals surface area contributed by atoms with Crippen LogP contribution in [0.15, 0.2) is 60.7 Å². The Bertz CT molecular complexity index is 1120. The molecule has 1 saturated carbocycles. The number of halogens is 1. The molecule has 3 aromatic carbocycles. The molecule has 0 amide bonds. The number of fused-ring (bicyclic) bond motifs is 1. The molecule has 5 nitrogen and oxygen atoms in total. The van der Waals surface area contributed by atoms with Gasteiger partial charge in [-0.25, -0.2) is 4.39 Å². The van der Waals surface area contributed by atoms with Gasteiger partial charge in [0.1, 0.15) is 30.5 Å². The Hall–Kier alpha value is -3.41. The standard InChI is InChI=1S/C26H25FO5/c1-2-19(26(29)30)22-15-23(22)24(28)21-12-7-16-5-3-4-6-20(16)25(21)32-14-13-31-18-10-8-17(27)9-11-18/h3-12,19,22-23H,2,13-15H2,1H3,(H,29,30). The number of ether oxygens (including phenoxy) is 2. The summed E-state index contributed by atoms with van der Waals surface area (Å²) in [6.45, 7) is 2.27. The largest absolute Gasteiger partial charge is 0.490 e. The Morgan fingerprint density at radius 1 is 1.03 bits per heavy atom. The van der Waals surface area contributed by atoms with Crippen molar-refractivity contribution in [1.29, 1.82) is 0 Å². The fraction of sp³-hybridized carbons (Fsp3) is 0.308. The zero-order valence-electron chi connectivity index (χ0n) is 17.8. The van der Waals surface area contributed by atoms with Gasteiger partial charge < -0.3 is 14.6 Å². The van der Waals surface area contributed by atoms with E-state index in [1.54, 1.807) is 18.2 Å². The third kappa shape index (κ3) is 4.59. The van der Waals surface area contributed by atoms with Crippen LogP contribution in [0.25, 0.3) is 10.8 Å². The summed E-state index contributed by atoms with van der Waals surface area (Å²) >= 11 is 0. The molecule has 3 aromatic rings. The fourth-order valence-electron chi connectivity index (χ4n) is 4.25. The predicted octanol–water partition coefficient (Wildman–Crippen LogP) is 5.37. The molecule has 1 fully saturated rings. The number of carbonyl (C=O) groups excluding carboxylic acids is 1. The highest BCUT2D eigenvalue weighted by atomic mass is 19.1. The van der Waals surface area contributed by atoms with Gasteiger partial charge in [-0.15, -0.1) is 0 Å². The Balaban J connectivity index is 1.51. The van der Waals surface area contributed by atoms with Crippen molar-refractivity contribution in [2.45, 2.75) is 19.8 Å². The molecule has 0 spiro atoms. The molecule has 0 heterocycles. The Labute approximate surface area is 185 Å². The van der Waals surface area contributed by atoms with Gasteiger partial charge in [-0.3, -0.25) is 9.59 Å². The number of benzene rings is 3. The fourth-order valence-corrected chi connectivity index (χ4v) is 4.25. The topological polar surface area (TPSA) is 72.8 Å². The molecule has 3 atom stereocenters. The Kier molecular flexibility index (Phi) is 6.40. The molecule has 4 rings (SSSR count). The van der Waals surface area contributed by atoms with Crippen molar-refractivity contribution in [3.8, 4) is 11.5 Å². The van der Waals surface area contributed by atoms with E-state index in [1.807, 2.05) is 37.3 Å². The van der Waals surface area contributed by atoms with E-state index in [0.29, 0.717) is 29.9 Å². The molecule has 32 heavy (non-hydrogen) atoms. The van der Waals surface area contributed by atoms with E-state index < -0.39 is 11.9 Å². The number of rotatable bonds is 10. The summed E-state index contributed by atoms with van der Waals surface area (Å²) in [7, 11) is 0. The lowest BCUT2D eigenvalue weighted by atomic mass is 9.95. The molecule has 166 valence electrons. The van der Waals surface area contributed by atoms with Gasteiger partial charge in [0.25, 0.3) is 0 Å². The van der Waals surface area contributed by atoms with E-state index in [9.17, 15) is 19.1 Å². The molecule has 0 saturated heterocycles. The highest BCUT2D eigenvalue weighted by Gasteiger charge is 2.50. The van der Waals surface area contributed by atoms with E-state index in [1.165, 1.54) is 12.1 Å². The van der Waals surface area contributed by atoms with Crippen molar-refractivity contribution in [2.24, 2.45) is 17.8 Å². The Morgan fingerprint density at radius 3 is 2.47 bits per heavy atom. The minimum Gasteiger partial charge on any atom is -0.490 e. The van der Waals surface area contributed by atoms with Gasteiger partial charge in [0, 0.05) is 11.3 Å². The maximum atomic E-state index is 13.3. The van der Waals surface area contributed by atoms with Crippen LogP contribution in [-0.2, 0) is 4.79 Å². The van der Waals surface area contributed by atoms with Gasteiger partial charge in [0.05, 0.1) is 11.5 Å². The number of Topliss-reactive ketones (excluding diaryl/α,β-unsaturated/α-hetero) is 1. The summed E-state index contributed by atoms with van der Waals surface area (Å²) < 4.78 is 24.7. The summed E-state index contributed by atoms with van der Waals surface area (Å²) in [5, 5.41) is 11.2. The van der Waals surface area contributed by atoms with Crippen LogP contribution in [-0.4, -0.2) is 30.1 Å². The normalized spacial score (nSPS) is 18.2. The van der Waals surface area contributed by atoms with E-state index in [-0.39, 0.29) is 36.7 Å². The van der Waals surface area contributed by atoms with Crippen LogP contribution in [0.2, 0.25) is 0 Å². The number of carboxylic acid groups (broad SMARTS) is 1. The van der Waals surface area contributed by atoms with Gasteiger partial charge in [-0.1, -0.05) is 37.3 Å². The van der Waals surface area contributed by atoms with Crippen molar-refractivity contribution in [1.82, 2.24) is 0 Å². The second kappa shape index (κ2) is 9.39. The molecule has 6 heteroatoms. The number of carbonyl (C=O) groups is 2. The van der Waals surface area contributed by atoms with Crippen molar-refractivity contribution < 1.29 is 28.6 Å². The average Bonchev–Trinajstić information content (AvgIpc) is 3.58. The number of hydrogen-bond acceptors (Lipinski definition) is 4. The molecule has 1 N–H and O–H groups in total. The number of aliphatic carboxylic acids is 1. The van der Waals surface area contributed by atoms with Gasteiger partial charge in [0.2, 0.25) is 0 Å². The highest BCUT2D eigenvalue weighted by molar-refractivity contribution is 6.07. The third-order valence-electron chi connectivity index (χ3n) is 6.01. The summed E-state index contributed by atoms with van der Waals surface area (Å²) in [6, 6.07) is 17.0. The summed E-state index contributed by atoms with van der Waals surface area (Å²) in [4.78, 5) is 24.8. The van der Waals surface area contributed by atoms with E-state index >= 15 is 0 Å². The lowest BCUT2D eigenvalue weighted by molar-refractivity contribution is -0.142. The SMILES string of the molecule is CCC(C(=O)O)C1CC1C(=O)c1ccc2ccccc2c1OCCOc1ccc(F)cc1. The van der Waals surface area contributed by atoms with Crippen LogP contribution in [0, 0.1) is 23.6 Å². The minimum atomic E-state index is -0.847. The molecule has 0 bridgehead atoms. The smallest absolute Gasteiger partial charge is 0.306 e. The monoisotopic (exact) mass is 436 g/mol. The van der Waals surface area contributed by atoms with Crippen LogP contribution in [0.4, 0.5) is 4.39 Å². The van der Waals surface area contributed by atoms with Gasteiger partial charge >= 0.3 is 5.97 Å². The van der Waals surface area contributed by atoms with Gasteiger partial charge in [0.15, 0.2) is 5.78 Å². The second-order valence-electron chi connectivity index (χ2n) is 8.04. The van der Waals surface area contributed by atoms with E-state index in [4.69, 9.17) is 9.47 Å². The maximum Gasteiger partial charge on any atom is 0.306 e. The molecular formula is C26H25FO5. The van der Waals surface area contributed by atoms with Crippen molar-refractivity contribution in [2.75, 3.05) is 13.2 Å². The molecule has 0 aliphatic heterocycles. The van der Waals surface area contributed by atoms with Crippen LogP contribution >= 0.6 is 0 Å². The van der Waals surface area contributed by atoms with E-state index in [2.05, 4.69) is 0 Å². The minimum absolute atomic E-state index is 0.0742. The molecule has 1 aliphatic rings. The van der Waals surface area contributed by atoms with Crippen molar-refractivity contribution in [3.63, 3.8) is 0 Å². The van der Waals surface area contributed by atoms with Crippen LogP contribution in [0.1, 0.15) is 30.1 Å². The lowest BCUT2D eigenvalue weighted by Crippen LogP contribution is -2.18. The maximum absolute atomic E-state index is 13.3. The molecular weight excluding hydrogens is 411 g/mol. The first kappa shape index (κ1) is 21.8.